The van der Waals surface area contributed by atoms with E-state index in [1.54, 1.807) is 76.3 Å². The van der Waals surface area contributed by atoms with E-state index in [2.05, 4.69) is 56.0 Å². The number of methoxy groups -OCH3 is 1. The summed E-state index contributed by atoms with van der Waals surface area (Å²) in [5, 5.41) is 0. The maximum Gasteiger partial charge on any atom is 0.409 e. The number of fused-ring (bicyclic) bond motifs is 6. The van der Waals surface area contributed by atoms with Crippen LogP contribution in [0.3, 0.4) is 0 Å². The summed E-state index contributed by atoms with van der Waals surface area (Å²) in [4.78, 5) is 84.7. The number of ether oxygens (including phenoxy) is 2. The molecule has 99 heavy (non-hydrogen) atoms. The molecule has 0 unspecified atom stereocenters. The number of amides is 7. The second kappa shape index (κ2) is 28.3. The first-order valence-corrected chi connectivity index (χ1v) is 36.3. The van der Waals surface area contributed by atoms with Crippen LogP contribution in [0.5, 0.6) is 5.75 Å². The van der Waals surface area contributed by atoms with Crippen LogP contribution >= 0.6 is 0 Å². The lowest BCUT2D eigenvalue weighted by Gasteiger charge is -2.45. The van der Waals surface area contributed by atoms with E-state index >= 15 is 0 Å². The van der Waals surface area contributed by atoms with Gasteiger partial charge in [0.05, 0.1) is 13.7 Å². The van der Waals surface area contributed by atoms with Crippen LogP contribution in [0.4, 0.5) is 59.1 Å². The predicted octanol–water partition coefficient (Wildman–Crippen LogP) is 11.7. The quantitative estimate of drug-likeness (QED) is 0.156. The van der Waals surface area contributed by atoms with Crippen molar-refractivity contribution in [1.29, 1.82) is 0 Å². The van der Waals surface area contributed by atoms with Crippen LogP contribution in [0.15, 0.2) is 84.9 Å². The summed E-state index contributed by atoms with van der Waals surface area (Å²) >= 11 is 0. The van der Waals surface area contributed by atoms with Gasteiger partial charge >= 0.3 is 24.3 Å². The fourth-order valence-electron chi connectivity index (χ4n) is 18.0. The lowest BCUT2D eigenvalue weighted by Crippen LogP contribution is -2.54. The minimum Gasteiger partial charge on any atom is -0.497 e. The van der Waals surface area contributed by atoms with Gasteiger partial charge in [0, 0.05) is 157 Å². The molecule has 3 spiro atoms. The van der Waals surface area contributed by atoms with E-state index < -0.39 is 17.5 Å². The lowest BCUT2D eigenvalue weighted by molar-refractivity contribution is -0.199. The van der Waals surface area contributed by atoms with Gasteiger partial charge in [0.15, 0.2) is 0 Å². The molecule has 9 aliphatic heterocycles. The van der Waals surface area contributed by atoms with Crippen molar-refractivity contribution in [3.8, 4) is 5.75 Å². The molecule has 0 N–H and O–H groups in total. The highest BCUT2D eigenvalue weighted by Crippen LogP contribution is 2.59. The molecule has 0 radical (unpaired) electrons. The number of carbonyl (C=O) groups is 5. The third-order valence-corrected chi connectivity index (χ3v) is 24.4. The van der Waals surface area contributed by atoms with Crippen LogP contribution in [0.25, 0.3) is 0 Å². The number of rotatable bonds is 8. The molecule has 0 aromatic heterocycles. The first kappa shape index (κ1) is 70.2. The zero-order valence-electron chi connectivity index (χ0n) is 58.7. The van der Waals surface area contributed by atoms with E-state index in [-0.39, 0.29) is 70.8 Å². The summed E-state index contributed by atoms with van der Waals surface area (Å²) < 4.78 is 79.4. The first-order chi connectivity index (χ1) is 47.4. The third-order valence-electron chi connectivity index (χ3n) is 24.4. The molecule has 6 saturated heterocycles. The summed E-state index contributed by atoms with van der Waals surface area (Å²) in [6.07, 6.45) is 8.93. The molecule has 2 aliphatic carbocycles. The van der Waals surface area contributed by atoms with Crippen molar-refractivity contribution in [1.82, 2.24) is 34.3 Å². The summed E-state index contributed by atoms with van der Waals surface area (Å²) in [6, 6.07) is 27.5. The molecule has 23 heteroatoms. The second-order valence-electron chi connectivity index (χ2n) is 30.7. The second-order valence-corrected chi connectivity index (χ2v) is 30.7. The molecule has 4 aromatic carbocycles. The molecule has 4 aromatic rings. The Hall–Kier alpha value is -7.24. The number of anilines is 4. The minimum absolute atomic E-state index is 0.0305. The highest BCUT2D eigenvalue weighted by molar-refractivity contribution is 5.96. The van der Waals surface area contributed by atoms with Crippen molar-refractivity contribution >= 4 is 52.7 Å². The van der Waals surface area contributed by atoms with E-state index in [9.17, 15) is 45.9 Å². The average molecular weight is 1370 g/mol. The van der Waals surface area contributed by atoms with Gasteiger partial charge in [-0.15, -0.1) is 0 Å². The first-order valence-electron chi connectivity index (χ1n) is 36.3. The van der Waals surface area contributed by atoms with Crippen LogP contribution in [-0.2, 0) is 30.6 Å². The van der Waals surface area contributed by atoms with Crippen molar-refractivity contribution in [2.75, 3.05) is 160 Å². The molecule has 11 aliphatic rings. The Balaban J connectivity index is 0.000000134. The van der Waals surface area contributed by atoms with E-state index in [0.29, 0.717) is 63.6 Å². The summed E-state index contributed by atoms with van der Waals surface area (Å²) in [5.74, 6) is 0.375. The number of halogens is 5. The fraction of sp³-hybridized carbons (Fsp3) is 0.618. The molecule has 18 nitrogen and oxygen atoms in total. The highest BCUT2D eigenvalue weighted by atomic mass is 19.4. The van der Waals surface area contributed by atoms with Crippen molar-refractivity contribution < 1.29 is 55.4 Å². The molecule has 9 heterocycles. The van der Waals surface area contributed by atoms with Crippen LogP contribution < -0.4 is 24.3 Å². The summed E-state index contributed by atoms with van der Waals surface area (Å²) in [6.45, 7) is 14.3. The van der Waals surface area contributed by atoms with Gasteiger partial charge in [0.2, 0.25) is 11.8 Å². The van der Waals surface area contributed by atoms with Gasteiger partial charge in [-0.2, -0.15) is 13.2 Å². The Morgan fingerprint density at radius 3 is 1.36 bits per heavy atom. The predicted molar refractivity (Wildman–Crippen MR) is 372 cm³/mol. The molecule has 8 fully saturated rings. The number of likely N-dealkylation sites (tertiary alicyclic amines) is 5. The van der Waals surface area contributed by atoms with E-state index in [4.69, 9.17) is 9.47 Å². The number of urea groups is 2. The Kier molecular flexibility index (Phi) is 20.1. The Bertz CT molecular complexity index is 3590. The number of piperidine rings is 6. The number of benzene rings is 4. The number of para-hydroxylation sites is 1. The van der Waals surface area contributed by atoms with Crippen molar-refractivity contribution in [2.45, 2.75) is 150 Å². The molecule has 0 bridgehead atoms. The molecule has 0 atom stereocenters. The Labute approximate surface area is 580 Å². The van der Waals surface area contributed by atoms with E-state index in [1.807, 2.05) is 26.8 Å². The SMILES string of the molecule is CC(=O)N1CC2(CCN(C3CCN(C(=O)OCC4CC4)CC3)CC2)c2ccccc21.CN(C)C(=O)N1CC2(CCN(C3CCN(C(=O)C4(C(F)(F)F)CC4)CC3)CC2)c2cc(F)ccc21.COc1cccc(N2CCC(N3CCC4(CC3)CN(C(=O)N(C)C)c3ccc(F)cc34)CC2)c1. The number of hydrogen-bond donors (Lipinski definition) is 0. The van der Waals surface area contributed by atoms with Crippen LogP contribution in [0.2, 0.25) is 0 Å². The zero-order chi connectivity index (χ0) is 69.8. The third kappa shape index (κ3) is 14.2. The Morgan fingerprint density at radius 1 is 0.495 bits per heavy atom. The van der Waals surface area contributed by atoms with E-state index in [0.717, 1.165) is 170 Å². The smallest absolute Gasteiger partial charge is 0.409 e. The molecule has 536 valence electrons. The average Bonchev–Trinajstić information content (AvgIpc) is 1.61. The number of hydrogen-bond acceptors (Lipinski definition) is 11. The van der Waals surface area contributed by atoms with Crippen LogP contribution in [-0.4, -0.2) is 229 Å². The Morgan fingerprint density at radius 2 is 0.929 bits per heavy atom. The number of alkyl halides is 3. The van der Waals surface area contributed by atoms with Gasteiger partial charge in [0.1, 0.15) is 22.8 Å². The van der Waals surface area contributed by atoms with Gasteiger partial charge in [-0.25, -0.2) is 23.2 Å². The standard InChI is InChI=1S/C27H35FN4O2.C25H32F4N4O2.C24H33N3O3/c1-29(2)26(33)32-19-27(24-17-20(28)7-8-25(24)32)11-15-31(16-12-27)21-9-13-30(14-10-21)22-5-4-6-23(18-22)34-3;1-30(2)22(35)33-16-23(19-15-17(26)3-4-20(19)33)9-13-31(14-10-23)18-5-11-32(12-6-18)21(34)24(7-8-24)25(27,28)29;1-18(28)27-17-24(21-4-2-3-5-22(21)27)10-14-25(15-11-24)20-8-12-26(13-9-20)23(29)30-16-19-6-7-19/h4-8,17-18,21H,9-16,19H2,1-3H3;3-4,15,18H,5-14,16H2,1-2H3;2-5,19-20H,6-17H2,1H3. The van der Waals surface area contributed by atoms with Crippen molar-refractivity contribution in [3.63, 3.8) is 0 Å². The molecule has 15 rings (SSSR count). The molecular weight excluding hydrogens is 1270 g/mol. The zero-order valence-corrected chi connectivity index (χ0v) is 58.7. The van der Waals surface area contributed by atoms with Gasteiger partial charge in [-0.3, -0.25) is 19.4 Å². The summed E-state index contributed by atoms with van der Waals surface area (Å²) in [7, 11) is 8.67. The maximum absolute atomic E-state index is 14.2. The monoisotopic (exact) mass is 1370 g/mol. The maximum atomic E-state index is 14.2. The van der Waals surface area contributed by atoms with Gasteiger partial charge in [0.25, 0.3) is 0 Å². The van der Waals surface area contributed by atoms with Gasteiger partial charge < -0.3 is 53.6 Å². The number of nitrogens with zero attached hydrogens (tertiary/aromatic N) is 11. The number of carbonyl (C=O) groups excluding carboxylic acids is 5. The molecular formula is C76H100F5N11O7. The minimum atomic E-state index is -4.47. The van der Waals surface area contributed by atoms with Crippen molar-refractivity contribution in [2.24, 2.45) is 11.3 Å². The normalized spacial score (nSPS) is 22.8. The highest BCUT2D eigenvalue weighted by Gasteiger charge is 2.69. The molecule has 2 saturated carbocycles. The topological polar surface area (TPSA) is 139 Å². The van der Waals surface area contributed by atoms with Crippen molar-refractivity contribution in [3.05, 3.63) is 113 Å². The van der Waals surface area contributed by atoms with Crippen LogP contribution in [0, 0.1) is 23.0 Å². The molecule has 7 amide bonds. The van der Waals surface area contributed by atoms with Crippen LogP contribution in [0.1, 0.15) is 126 Å². The van der Waals surface area contributed by atoms with E-state index in [1.165, 1.54) is 46.0 Å². The lowest BCUT2D eigenvalue weighted by atomic mass is 9.74. The van der Waals surface area contributed by atoms with Gasteiger partial charge in [-0.1, -0.05) is 24.3 Å². The summed E-state index contributed by atoms with van der Waals surface area (Å²) in [5.41, 5.74) is 4.73. The van der Waals surface area contributed by atoms with Gasteiger partial charge in [-0.05, 0) is 219 Å². The fourth-order valence-corrected chi connectivity index (χ4v) is 18.0. The largest absolute Gasteiger partial charge is 0.497 e.